The maximum atomic E-state index is 11.8. The van der Waals surface area contributed by atoms with Crippen molar-refractivity contribution in [3.05, 3.63) is 50.4 Å². The Hall–Kier alpha value is -1.20. The van der Waals surface area contributed by atoms with Crippen molar-refractivity contribution in [2.75, 3.05) is 0 Å². The van der Waals surface area contributed by atoms with Crippen LogP contribution in [0.5, 0.6) is 0 Å². The Kier molecular flexibility index (Phi) is 5.10. The Morgan fingerprint density at radius 3 is 2.74 bits per heavy atom. The molecule has 3 nitrogen and oxygen atoms in total. The molecule has 0 atom stereocenters. The van der Waals surface area contributed by atoms with Gasteiger partial charge in [-0.05, 0) is 31.0 Å². The molecule has 1 amide bonds. The van der Waals surface area contributed by atoms with Gasteiger partial charge in [0.05, 0.1) is 17.7 Å². The molecule has 2 rings (SSSR count). The lowest BCUT2D eigenvalue weighted by molar-refractivity contribution is -0.121. The summed E-state index contributed by atoms with van der Waals surface area (Å²) in [6.07, 6.45) is 1.28. The first kappa shape index (κ1) is 14.2. The van der Waals surface area contributed by atoms with Crippen molar-refractivity contribution >= 4 is 33.2 Å². The predicted molar refractivity (Wildman–Crippen MR) is 81.2 cm³/mol. The number of rotatable bonds is 5. The van der Waals surface area contributed by atoms with Crippen LogP contribution in [-0.2, 0) is 17.8 Å². The van der Waals surface area contributed by atoms with Crippen molar-refractivity contribution in [1.82, 2.24) is 10.3 Å². The van der Waals surface area contributed by atoms with Crippen molar-refractivity contribution in [2.24, 2.45) is 0 Å². The van der Waals surface area contributed by atoms with Crippen LogP contribution in [-0.4, -0.2) is 10.9 Å². The number of nitrogens with one attached hydrogen (secondary N) is 1. The molecule has 5 heteroatoms. The van der Waals surface area contributed by atoms with Crippen LogP contribution in [0.1, 0.15) is 22.6 Å². The first-order valence-corrected chi connectivity index (χ1v) is 7.72. The van der Waals surface area contributed by atoms with Gasteiger partial charge in [-0.1, -0.05) is 28.1 Å². The van der Waals surface area contributed by atoms with E-state index in [1.807, 2.05) is 31.2 Å². The number of hydrogen-bond acceptors (Lipinski definition) is 3. The number of amides is 1. The molecule has 1 heterocycles. The lowest BCUT2D eigenvalue weighted by Gasteiger charge is -2.04. The molecule has 2 aromatic rings. The fourth-order valence-corrected chi connectivity index (χ4v) is 2.65. The van der Waals surface area contributed by atoms with Gasteiger partial charge in [-0.25, -0.2) is 4.98 Å². The molecule has 0 saturated carbocycles. The van der Waals surface area contributed by atoms with Crippen LogP contribution in [0.2, 0.25) is 0 Å². The third-order valence-electron chi connectivity index (χ3n) is 2.84. The number of nitrogens with zero attached hydrogens (tertiary/aromatic N) is 1. The molecule has 0 aliphatic rings. The van der Waals surface area contributed by atoms with Crippen LogP contribution in [0.15, 0.2) is 34.2 Å². The fourth-order valence-electron chi connectivity index (χ4n) is 1.67. The maximum absolute atomic E-state index is 11.8. The van der Waals surface area contributed by atoms with Crippen LogP contribution in [0, 0.1) is 6.92 Å². The van der Waals surface area contributed by atoms with E-state index in [0.717, 1.165) is 21.5 Å². The molecule has 1 aromatic heterocycles. The number of carbonyl (C=O) groups is 1. The topological polar surface area (TPSA) is 42.0 Å². The van der Waals surface area contributed by atoms with E-state index in [4.69, 9.17) is 0 Å². The molecule has 1 aromatic carbocycles. The van der Waals surface area contributed by atoms with Gasteiger partial charge >= 0.3 is 0 Å². The number of benzene rings is 1. The third-order valence-corrected chi connectivity index (χ3v) is 4.31. The molecular formula is C14H15BrN2OS. The minimum atomic E-state index is 0.0794. The minimum absolute atomic E-state index is 0.0794. The monoisotopic (exact) mass is 338 g/mol. The summed E-state index contributed by atoms with van der Waals surface area (Å²) in [7, 11) is 0. The molecule has 19 heavy (non-hydrogen) atoms. The van der Waals surface area contributed by atoms with Crippen LogP contribution in [0.3, 0.4) is 0 Å². The Balaban J connectivity index is 1.76. The molecule has 1 N–H and O–H groups in total. The second-order valence-corrected chi connectivity index (χ2v) is 6.12. The number of carbonyl (C=O) groups excluding carboxylic acids is 1. The summed E-state index contributed by atoms with van der Waals surface area (Å²) in [5.41, 5.74) is 3.98. The van der Waals surface area contributed by atoms with E-state index in [1.165, 1.54) is 5.56 Å². The lowest BCUT2D eigenvalue weighted by Crippen LogP contribution is -2.22. The van der Waals surface area contributed by atoms with Gasteiger partial charge in [0.15, 0.2) is 0 Å². The number of hydrogen-bond donors (Lipinski definition) is 1. The fraction of sp³-hybridized carbons (Fsp3) is 0.286. The highest BCUT2D eigenvalue weighted by Crippen LogP contribution is 2.13. The van der Waals surface area contributed by atoms with Gasteiger partial charge in [-0.2, -0.15) is 0 Å². The van der Waals surface area contributed by atoms with Crippen LogP contribution in [0.25, 0.3) is 0 Å². The highest BCUT2D eigenvalue weighted by atomic mass is 79.9. The maximum Gasteiger partial charge on any atom is 0.220 e. The van der Waals surface area contributed by atoms with E-state index in [0.29, 0.717) is 13.0 Å². The predicted octanol–water partition coefficient (Wildman–Crippen LogP) is 3.46. The molecular weight excluding hydrogens is 324 g/mol. The average molecular weight is 339 g/mol. The summed E-state index contributed by atoms with van der Waals surface area (Å²) in [5.74, 6) is 0.0794. The van der Waals surface area contributed by atoms with Crippen molar-refractivity contribution in [1.29, 1.82) is 0 Å². The Morgan fingerprint density at radius 1 is 1.37 bits per heavy atom. The van der Waals surface area contributed by atoms with Crippen LogP contribution >= 0.6 is 27.3 Å². The van der Waals surface area contributed by atoms with Crippen molar-refractivity contribution in [2.45, 2.75) is 26.3 Å². The lowest BCUT2D eigenvalue weighted by atomic mass is 10.1. The van der Waals surface area contributed by atoms with Gasteiger partial charge in [0.25, 0.3) is 0 Å². The van der Waals surface area contributed by atoms with Gasteiger partial charge in [0, 0.05) is 15.8 Å². The molecule has 0 aliphatic carbocycles. The molecule has 0 radical (unpaired) electrons. The van der Waals surface area contributed by atoms with Gasteiger partial charge in [-0.15, -0.1) is 11.3 Å². The second kappa shape index (κ2) is 6.82. The summed E-state index contributed by atoms with van der Waals surface area (Å²) < 4.78 is 1.06. The van der Waals surface area contributed by atoms with E-state index in [1.54, 1.807) is 16.8 Å². The Labute approximate surface area is 125 Å². The van der Waals surface area contributed by atoms with Crippen molar-refractivity contribution < 1.29 is 4.79 Å². The molecule has 0 fully saturated rings. The zero-order valence-corrected chi connectivity index (χ0v) is 13.1. The highest BCUT2D eigenvalue weighted by Gasteiger charge is 2.05. The quantitative estimate of drug-likeness (QED) is 0.906. The standard InChI is InChI=1S/C14H15BrN2OS/c1-10-13(19-9-17-10)8-16-14(18)7-4-11-2-5-12(15)6-3-11/h2-3,5-6,9H,4,7-8H2,1H3,(H,16,18). The smallest absolute Gasteiger partial charge is 0.220 e. The van der Waals surface area contributed by atoms with Crippen molar-refractivity contribution in [3.63, 3.8) is 0 Å². The largest absolute Gasteiger partial charge is 0.351 e. The highest BCUT2D eigenvalue weighted by molar-refractivity contribution is 9.10. The number of aryl methyl sites for hydroxylation is 2. The van der Waals surface area contributed by atoms with Gasteiger partial charge in [-0.3, -0.25) is 4.79 Å². The molecule has 0 unspecified atom stereocenters. The normalized spacial score (nSPS) is 10.4. The van der Waals surface area contributed by atoms with Crippen molar-refractivity contribution in [3.8, 4) is 0 Å². The molecule has 0 aliphatic heterocycles. The third kappa shape index (κ3) is 4.44. The molecule has 0 bridgehead atoms. The van der Waals surface area contributed by atoms with Gasteiger partial charge in [0.2, 0.25) is 5.91 Å². The van der Waals surface area contributed by atoms with E-state index >= 15 is 0 Å². The average Bonchev–Trinajstić information content (AvgIpc) is 2.81. The summed E-state index contributed by atoms with van der Waals surface area (Å²) in [5, 5.41) is 2.93. The van der Waals surface area contributed by atoms with E-state index in [2.05, 4.69) is 26.2 Å². The van der Waals surface area contributed by atoms with Crippen LogP contribution in [0.4, 0.5) is 0 Å². The molecule has 0 saturated heterocycles. The number of aromatic nitrogens is 1. The summed E-state index contributed by atoms with van der Waals surface area (Å²) >= 11 is 4.97. The zero-order chi connectivity index (χ0) is 13.7. The summed E-state index contributed by atoms with van der Waals surface area (Å²) in [4.78, 5) is 17.0. The molecule has 100 valence electrons. The second-order valence-electron chi connectivity index (χ2n) is 4.26. The first-order chi connectivity index (χ1) is 9.15. The molecule has 0 spiro atoms. The minimum Gasteiger partial charge on any atom is -0.351 e. The van der Waals surface area contributed by atoms with E-state index < -0.39 is 0 Å². The van der Waals surface area contributed by atoms with Crippen LogP contribution < -0.4 is 5.32 Å². The van der Waals surface area contributed by atoms with E-state index in [-0.39, 0.29) is 5.91 Å². The summed E-state index contributed by atoms with van der Waals surface area (Å²) in [6.45, 7) is 2.54. The summed E-state index contributed by atoms with van der Waals surface area (Å²) in [6, 6.07) is 8.05. The van der Waals surface area contributed by atoms with Gasteiger partial charge < -0.3 is 5.32 Å². The number of thiazole rings is 1. The Morgan fingerprint density at radius 2 is 2.11 bits per heavy atom. The SMILES string of the molecule is Cc1ncsc1CNC(=O)CCc1ccc(Br)cc1. The Bertz CT molecular complexity index is 551. The van der Waals surface area contributed by atoms with E-state index in [9.17, 15) is 4.79 Å². The number of halogens is 1. The zero-order valence-electron chi connectivity index (χ0n) is 10.6. The van der Waals surface area contributed by atoms with Gasteiger partial charge in [0.1, 0.15) is 0 Å². The first-order valence-electron chi connectivity index (χ1n) is 6.05.